The fraction of sp³-hybridized carbons (Fsp3) is 0.370. The average molecular weight is 537 g/mol. The summed E-state index contributed by atoms with van der Waals surface area (Å²) in [6.45, 7) is 6.92. The molecule has 0 saturated carbocycles. The first kappa shape index (κ1) is 25.6. The van der Waals surface area contributed by atoms with Crippen molar-refractivity contribution < 1.29 is 8.95 Å². The van der Waals surface area contributed by atoms with Crippen LogP contribution in [0.5, 0.6) is 11.6 Å². The van der Waals surface area contributed by atoms with Crippen LogP contribution in [0.1, 0.15) is 30.0 Å². The molecule has 6 rings (SSSR count). The molecule has 2 aromatic carbocycles. The van der Waals surface area contributed by atoms with Crippen LogP contribution < -0.4 is 19.7 Å². The Hall–Kier alpha value is -3.08. The molecule has 2 N–H and O–H groups in total. The molecule has 0 spiro atoms. The van der Waals surface area contributed by atoms with Crippen molar-refractivity contribution in [3.8, 4) is 11.6 Å². The maximum absolute atomic E-state index is 12.2. The van der Waals surface area contributed by atoms with E-state index in [1.54, 1.807) is 17.5 Å². The number of anilines is 2. The average Bonchev–Trinajstić information content (AvgIpc) is 3.53. The Bertz CT molecular complexity index is 1370. The van der Waals surface area contributed by atoms with Crippen LogP contribution >= 0.6 is 11.3 Å². The van der Waals surface area contributed by atoms with Crippen LogP contribution in [-0.2, 0) is 11.0 Å². The summed E-state index contributed by atoms with van der Waals surface area (Å²) in [4.78, 5) is 12.9. The number of nitrogens with zero attached hydrogens (tertiary/aromatic N) is 4. The third-order valence-corrected chi connectivity index (χ3v) is 8.55. The normalized spacial score (nSPS) is 19.4. The summed E-state index contributed by atoms with van der Waals surface area (Å²) >= 11 is 1.57. The fourth-order valence-corrected chi connectivity index (χ4v) is 6.34. The van der Waals surface area contributed by atoms with E-state index in [9.17, 15) is 4.21 Å². The highest BCUT2D eigenvalue weighted by Crippen LogP contribution is 2.37. The molecule has 194 valence electrons. The molecule has 2 aliphatic heterocycles. The first-order valence-electron chi connectivity index (χ1n) is 12.6. The Labute approximate surface area is 224 Å². The van der Waals surface area contributed by atoms with Crippen molar-refractivity contribution in [1.82, 2.24) is 20.3 Å². The molecular formula is C27H32N6O2S2. The smallest absolute Gasteiger partial charge is 0.230 e. The second-order valence-electron chi connectivity index (χ2n) is 9.13. The van der Waals surface area contributed by atoms with Gasteiger partial charge < -0.3 is 15.4 Å². The number of ether oxygens (including phenoxy) is 1. The number of benzene rings is 2. The topological polar surface area (TPSA) is 92.3 Å². The Morgan fingerprint density at radius 3 is 2.68 bits per heavy atom. The predicted octanol–water partition coefficient (Wildman–Crippen LogP) is 5.22. The Kier molecular flexibility index (Phi) is 8.28. The number of hydrogen-bond acceptors (Lipinski definition) is 8. The molecule has 2 atom stereocenters. The molecule has 4 heterocycles. The highest BCUT2D eigenvalue weighted by Gasteiger charge is 2.23. The summed E-state index contributed by atoms with van der Waals surface area (Å²) in [7, 11) is -0.927. The molecule has 2 saturated heterocycles. The van der Waals surface area contributed by atoms with Gasteiger partial charge >= 0.3 is 0 Å². The van der Waals surface area contributed by atoms with E-state index in [0.717, 1.165) is 70.7 Å². The van der Waals surface area contributed by atoms with Crippen molar-refractivity contribution in [2.75, 3.05) is 35.0 Å². The second-order valence-corrected chi connectivity index (χ2v) is 11.7. The summed E-state index contributed by atoms with van der Waals surface area (Å²) in [5, 5.41) is 11.7. The maximum Gasteiger partial charge on any atom is 0.230 e. The third kappa shape index (κ3) is 6.44. The number of aromatic nitrogens is 3. The molecule has 2 aliphatic rings. The first-order valence-corrected chi connectivity index (χ1v) is 14.8. The minimum atomic E-state index is -0.927. The van der Waals surface area contributed by atoms with Gasteiger partial charge in [-0.1, -0.05) is 24.3 Å². The molecule has 2 unspecified atom stereocenters. The number of nitrogens with one attached hydrogen (secondary N) is 2. The lowest BCUT2D eigenvalue weighted by Gasteiger charge is -2.23. The molecule has 0 aliphatic carbocycles. The Morgan fingerprint density at radius 1 is 1.11 bits per heavy atom. The number of thiazole rings is 1. The number of rotatable bonds is 5. The summed E-state index contributed by atoms with van der Waals surface area (Å²) in [6.07, 6.45) is 5.19. The van der Waals surface area contributed by atoms with Crippen LogP contribution in [0.25, 0.3) is 10.8 Å². The lowest BCUT2D eigenvalue weighted by atomic mass is 10.1. The van der Waals surface area contributed by atoms with Gasteiger partial charge in [-0.2, -0.15) is 0 Å². The van der Waals surface area contributed by atoms with Crippen LogP contribution in [0.4, 0.5) is 11.6 Å². The predicted molar refractivity (Wildman–Crippen MR) is 152 cm³/mol. The molecule has 2 fully saturated rings. The molecule has 10 heteroatoms. The lowest BCUT2D eigenvalue weighted by Crippen LogP contribution is -2.38. The molecular weight excluding hydrogens is 504 g/mol. The van der Waals surface area contributed by atoms with Gasteiger partial charge in [0.25, 0.3) is 0 Å². The first-order chi connectivity index (χ1) is 18.1. The minimum Gasteiger partial charge on any atom is -0.437 e. The van der Waals surface area contributed by atoms with E-state index in [4.69, 9.17) is 4.74 Å². The van der Waals surface area contributed by atoms with Crippen molar-refractivity contribution in [2.45, 2.75) is 39.2 Å². The maximum atomic E-state index is 12.2. The van der Waals surface area contributed by atoms with Gasteiger partial charge in [0.1, 0.15) is 16.7 Å². The summed E-state index contributed by atoms with van der Waals surface area (Å²) < 4.78 is 20.1. The molecule has 2 aromatic heterocycles. The number of hydrogen-bond donors (Lipinski definition) is 2. The van der Waals surface area contributed by atoms with Gasteiger partial charge in [0.15, 0.2) is 0 Å². The minimum absolute atomic E-state index is 0.477. The molecule has 8 nitrogen and oxygen atoms in total. The van der Waals surface area contributed by atoms with E-state index < -0.39 is 11.0 Å². The van der Waals surface area contributed by atoms with Gasteiger partial charge in [-0.3, -0.25) is 4.31 Å². The largest absolute Gasteiger partial charge is 0.437 e. The van der Waals surface area contributed by atoms with E-state index in [2.05, 4.69) is 31.7 Å². The molecule has 4 aromatic rings. The van der Waals surface area contributed by atoms with E-state index >= 15 is 0 Å². The number of aryl methyl sites for hydroxylation is 2. The Balaban J connectivity index is 0.000000171. The van der Waals surface area contributed by atoms with Crippen molar-refractivity contribution >= 4 is 44.7 Å². The van der Waals surface area contributed by atoms with Crippen LogP contribution in [0.3, 0.4) is 0 Å². The van der Waals surface area contributed by atoms with Gasteiger partial charge in [-0.15, -0.1) is 11.3 Å². The van der Waals surface area contributed by atoms with E-state index in [0.29, 0.717) is 11.9 Å². The summed E-state index contributed by atoms with van der Waals surface area (Å²) in [6, 6.07) is 14.4. The van der Waals surface area contributed by atoms with Gasteiger partial charge in [-0.25, -0.2) is 19.2 Å². The lowest BCUT2D eigenvalue weighted by molar-refractivity contribution is 0.471. The highest BCUT2D eigenvalue weighted by molar-refractivity contribution is 7.86. The van der Waals surface area contributed by atoms with Gasteiger partial charge in [-0.05, 0) is 57.9 Å². The van der Waals surface area contributed by atoms with Crippen LogP contribution in [0.2, 0.25) is 0 Å². The molecule has 0 amide bonds. The standard InChI is InChI=1S/C17H16N2O2S2.C10H16N4/c1-12-18-17(11-22-12)21-16-8-7-15(19-9-4-10-23(19)20)13-5-2-3-6-14(13)16;1-8-4-6-12-10(13-8)14-9-3-2-5-11-7-9/h2-3,5-8,11H,4,9-10H2,1H3;4,6,9,11H,2-3,5,7H2,1H3,(H,12,13,14). The number of fused-ring (bicyclic) bond motifs is 1. The van der Waals surface area contributed by atoms with E-state index in [1.165, 1.54) is 12.8 Å². The molecule has 0 radical (unpaired) electrons. The zero-order valence-electron chi connectivity index (χ0n) is 21.1. The van der Waals surface area contributed by atoms with Gasteiger partial charge in [0, 0.05) is 47.5 Å². The van der Waals surface area contributed by atoms with Gasteiger partial charge in [0.05, 0.1) is 16.1 Å². The highest BCUT2D eigenvalue weighted by atomic mass is 32.2. The SMILES string of the molecule is Cc1ccnc(NC2CCCNC2)n1.Cc1nc(Oc2ccc(N3CCCS3=O)c3ccccc23)cs1. The second kappa shape index (κ2) is 12.0. The van der Waals surface area contributed by atoms with Crippen LogP contribution in [0, 0.1) is 13.8 Å². The number of piperidine rings is 1. The summed E-state index contributed by atoms with van der Waals surface area (Å²) in [5.41, 5.74) is 2.02. The monoisotopic (exact) mass is 536 g/mol. The van der Waals surface area contributed by atoms with E-state index in [-0.39, 0.29) is 0 Å². The van der Waals surface area contributed by atoms with Crippen LogP contribution in [0.15, 0.2) is 54.0 Å². The van der Waals surface area contributed by atoms with Crippen LogP contribution in [-0.4, -0.2) is 50.6 Å². The zero-order chi connectivity index (χ0) is 25.6. The van der Waals surface area contributed by atoms with Gasteiger partial charge in [0.2, 0.25) is 11.8 Å². The zero-order valence-corrected chi connectivity index (χ0v) is 22.8. The van der Waals surface area contributed by atoms with Crippen molar-refractivity contribution in [3.63, 3.8) is 0 Å². The Morgan fingerprint density at radius 2 is 1.97 bits per heavy atom. The fourth-order valence-electron chi connectivity index (χ4n) is 4.51. The quantitative estimate of drug-likeness (QED) is 0.361. The van der Waals surface area contributed by atoms with Crippen molar-refractivity contribution in [3.05, 3.63) is 64.7 Å². The summed E-state index contributed by atoms with van der Waals surface area (Å²) in [5.74, 6) is 2.89. The molecule has 37 heavy (non-hydrogen) atoms. The van der Waals surface area contributed by atoms with E-state index in [1.807, 2.05) is 59.9 Å². The van der Waals surface area contributed by atoms with Crippen molar-refractivity contribution in [2.24, 2.45) is 0 Å². The molecule has 0 bridgehead atoms. The van der Waals surface area contributed by atoms with Crippen molar-refractivity contribution in [1.29, 1.82) is 0 Å². The third-order valence-electron chi connectivity index (χ3n) is 6.29.